The van der Waals surface area contributed by atoms with E-state index in [1.54, 1.807) is 0 Å². The molecule has 1 nitrogen and oxygen atoms in total. The molecule has 84 valence electrons. The monoisotopic (exact) mass is 205 g/mol. The highest BCUT2D eigenvalue weighted by Crippen LogP contribution is 2.22. The van der Waals surface area contributed by atoms with E-state index in [1.165, 1.54) is 16.7 Å². The van der Waals surface area contributed by atoms with Crippen LogP contribution in [0.3, 0.4) is 0 Å². The largest absolute Gasteiger partial charge is 0.325 e. The van der Waals surface area contributed by atoms with Gasteiger partial charge in [0.15, 0.2) is 0 Å². The van der Waals surface area contributed by atoms with Crippen molar-refractivity contribution in [3.63, 3.8) is 0 Å². The number of aryl methyl sites for hydroxylation is 2. The summed E-state index contributed by atoms with van der Waals surface area (Å²) in [5.41, 5.74) is 10.2. The van der Waals surface area contributed by atoms with E-state index in [9.17, 15) is 0 Å². The molecule has 0 aromatic heterocycles. The van der Waals surface area contributed by atoms with Crippen LogP contribution in [0.15, 0.2) is 18.2 Å². The summed E-state index contributed by atoms with van der Waals surface area (Å²) in [5, 5.41) is 0. The van der Waals surface area contributed by atoms with Gasteiger partial charge in [-0.05, 0) is 44.2 Å². The lowest BCUT2D eigenvalue weighted by Crippen LogP contribution is -2.44. The average molecular weight is 205 g/mol. The molecule has 0 saturated heterocycles. The van der Waals surface area contributed by atoms with Crippen molar-refractivity contribution in [1.82, 2.24) is 0 Å². The first-order valence-electron chi connectivity index (χ1n) is 5.68. The van der Waals surface area contributed by atoms with Gasteiger partial charge in [-0.15, -0.1) is 0 Å². The van der Waals surface area contributed by atoms with E-state index >= 15 is 0 Å². The Kier molecular flexibility index (Phi) is 3.56. The summed E-state index contributed by atoms with van der Waals surface area (Å²) in [4.78, 5) is 0. The summed E-state index contributed by atoms with van der Waals surface area (Å²) in [5.74, 6) is 0.498. The van der Waals surface area contributed by atoms with E-state index in [4.69, 9.17) is 5.73 Å². The van der Waals surface area contributed by atoms with Crippen LogP contribution in [0.1, 0.15) is 37.5 Å². The Morgan fingerprint density at radius 2 is 1.87 bits per heavy atom. The summed E-state index contributed by atoms with van der Waals surface area (Å²) in [6, 6.07) is 6.59. The molecular weight excluding hydrogens is 182 g/mol. The van der Waals surface area contributed by atoms with Gasteiger partial charge in [0.25, 0.3) is 0 Å². The fourth-order valence-corrected chi connectivity index (χ4v) is 1.61. The standard InChI is InChI=1S/C14H23N/c1-10(2)14(5,15)9-13-8-11(3)6-7-12(13)4/h6-8,10H,9,15H2,1-5H3. The van der Waals surface area contributed by atoms with Crippen LogP contribution < -0.4 is 5.73 Å². The van der Waals surface area contributed by atoms with Crippen LogP contribution in [0.5, 0.6) is 0 Å². The second kappa shape index (κ2) is 4.36. The maximum atomic E-state index is 6.31. The van der Waals surface area contributed by atoms with Gasteiger partial charge in [-0.2, -0.15) is 0 Å². The Labute approximate surface area is 93.7 Å². The zero-order chi connectivity index (χ0) is 11.6. The maximum Gasteiger partial charge on any atom is 0.0189 e. The lowest BCUT2D eigenvalue weighted by molar-refractivity contribution is 0.337. The molecule has 1 aromatic carbocycles. The number of hydrogen-bond acceptors (Lipinski definition) is 1. The van der Waals surface area contributed by atoms with Gasteiger partial charge in [0.2, 0.25) is 0 Å². The topological polar surface area (TPSA) is 26.0 Å². The molecule has 0 bridgehead atoms. The first kappa shape index (κ1) is 12.3. The van der Waals surface area contributed by atoms with Crippen molar-refractivity contribution in [2.24, 2.45) is 11.7 Å². The molecule has 1 aromatic rings. The summed E-state index contributed by atoms with van der Waals surface area (Å²) in [7, 11) is 0. The minimum Gasteiger partial charge on any atom is -0.325 e. The van der Waals surface area contributed by atoms with Crippen molar-refractivity contribution in [1.29, 1.82) is 0 Å². The predicted octanol–water partition coefficient (Wildman–Crippen LogP) is 3.22. The third kappa shape index (κ3) is 3.07. The summed E-state index contributed by atoms with van der Waals surface area (Å²) in [6.45, 7) is 10.8. The molecule has 0 aliphatic rings. The van der Waals surface area contributed by atoms with Gasteiger partial charge in [-0.25, -0.2) is 0 Å². The third-order valence-electron chi connectivity index (χ3n) is 3.39. The van der Waals surface area contributed by atoms with Gasteiger partial charge >= 0.3 is 0 Å². The minimum atomic E-state index is -0.113. The zero-order valence-corrected chi connectivity index (χ0v) is 10.6. The second-order valence-corrected chi connectivity index (χ2v) is 5.27. The van der Waals surface area contributed by atoms with Crippen LogP contribution in [0.4, 0.5) is 0 Å². The molecule has 1 heteroatoms. The van der Waals surface area contributed by atoms with Gasteiger partial charge in [0, 0.05) is 5.54 Å². The molecule has 1 rings (SSSR count). The fourth-order valence-electron chi connectivity index (χ4n) is 1.61. The summed E-state index contributed by atoms with van der Waals surface area (Å²) < 4.78 is 0. The van der Waals surface area contributed by atoms with Crippen LogP contribution >= 0.6 is 0 Å². The van der Waals surface area contributed by atoms with Crippen molar-refractivity contribution in [2.75, 3.05) is 0 Å². The normalized spacial score (nSPS) is 15.4. The molecule has 1 atom stereocenters. The van der Waals surface area contributed by atoms with Crippen LogP contribution in [0.25, 0.3) is 0 Å². The molecule has 0 aliphatic heterocycles. The molecule has 0 radical (unpaired) electrons. The molecule has 0 heterocycles. The third-order valence-corrected chi connectivity index (χ3v) is 3.39. The van der Waals surface area contributed by atoms with Crippen molar-refractivity contribution < 1.29 is 0 Å². The van der Waals surface area contributed by atoms with E-state index < -0.39 is 0 Å². The van der Waals surface area contributed by atoms with Crippen LogP contribution in [0, 0.1) is 19.8 Å². The molecule has 0 aliphatic carbocycles. The predicted molar refractivity (Wildman–Crippen MR) is 67.1 cm³/mol. The molecule has 0 saturated carbocycles. The van der Waals surface area contributed by atoms with Crippen LogP contribution in [-0.4, -0.2) is 5.54 Å². The first-order valence-corrected chi connectivity index (χ1v) is 5.68. The summed E-state index contributed by atoms with van der Waals surface area (Å²) >= 11 is 0. The first-order chi connectivity index (χ1) is 6.83. The second-order valence-electron chi connectivity index (χ2n) is 5.27. The summed E-state index contributed by atoms with van der Waals surface area (Å²) in [6.07, 6.45) is 0.957. The molecule has 2 N–H and O–H groups in total. The van der Waals surface area contributed by atoms with Crippen LogP contribution in [0.2, 0.25) is 0 Å². The Bertz CT molecular complexity index is 337. The lowest BCUT2D eigenvalue weighted by Gasteiger charge is -2.30. The van der Waals surface area contributed by atoms with Gasteiger partial charge in [-0.1, -0.05) is 37.6 Å². The lowest BCUT2D eigenvalue weighted by atomic mass is 9.82. The molecular formula is C14H23N. The highest BCUT2D eigenvalue weighted by atomic mass is 14.7. The average Bonchev–Trinajstić information content (AvgIpc) is 2.10. The van der Waals surface area contributed by atoms with E-state index in [2.05, 4.69) is 52.8 Å². The van der Waals surface area contributed by atoms with Gasteiger partial charge in [0.05, 0.1) is 0 Å². The number of rotatable bonds is 3. The van der Waals surface area contributed by atoms with Crippen LogP contribution in [-0.2, 0) is 6.42 Å². The van der Waals surface area contributed by atoms with E-state index in [1.807, 2.05) is 0 Å². The maximum absolute atomic E-state index is 6.31. The molecule has 0 amide bonds. The Morgan fingerprint density at radius 3 is 2.40 bits per heavy atom. The van der Waals surface area contributed by atoms with E-state index in [-0.39, 0.29) is 5.54 Å². The highest BCUT2D eigenvalue weighted by Gasteiger charge is 2.23. The quantitative estimate of drug-likeness (QED) is 0.805. The number of hydrogen-bond donors (Lipinski definition) is 1. The van der Waals surface area contributed by atoms with Crippen molar-refractivity contribution in [2.45, 2.75) is 46.6 Å². The Balaban J connectivity index is 2.94. The molecule has 0 fully saturated rings. The minimum absolute atomic E-state index is 0.113. The molecule has 1 unspecified atom stereocenters. The number of nitrogens with two attached hydrogens (primary N) is 1. The Hall–Kier alpha value is -0.820. The van der Waals surface area contributed by atoms with Gasteiger partial charge in [0.1, 0.15) is 0 Å². The van der Waals surface area contributed by atoms with E-state index in [0.29, 0.717) is 5.92 Å². The Morgan fingerprint density at radius 1 is 1.27 bits per heavy atom. The number of benzene rings is 1. The van der Waals surface area contributed by atoms with Crippen molar-refractivity contribution in [3.8, 4) is 0 Å². The molecule has 0 spiro atoms. The zero-order valence-electron chi connectivity index (χ0n) is 10.6. The van der Waals surface area contributed by atoms with Crippen molar-refractivity contribution in [3.05, 3.63) is 34.9 Å². The smallest absolute Gasteiger partial charge is 0.0189 e. The SMILES string of the molecule is Cc1ccc(C)c(CC(C)(N)C(C)C)c1. The van der Waals surface area contributed by atoms with Gasteiger partial charge in [-0.3, -0.25) is 0 Å². The highest BCUT2D eigenvalue weighted by molar-refractivity contribution is 5.31. The van der Waals surface area contributed by atoms with E-state index in [0.717, 1.165) is 6.42 Å². The molecule has 15 heavy (non-hydrogen) atoms. The van der Waals surface area contributed by atoms with Gasteiger partial charge < -0.3 is 5.73 Å². The van der Waals surface area contributed by atoms with Crippen molar-refractivity contribution >= 4 is 0 Å². The fraction of sp³-hybridized carbons (Fsp3) is 0.571.